The van der Waals surface area contributed by atoms with Crippen LogP contribution in [0.5, 0.6) is 0 Å². The maximum atomic E-state index is 14.4. The fourth-order valence-corrected chi connectivity index (χ4v) is 3.83. The third-order valence-corrected chi connectivity index (χ3v) is 5.46. The molecule has 1 aliphatic heterocycles. The summed E-state index contributed by atoms with van der Waals surface area (Å²) in [5, 5.41) is 2.80. The summed E-state index contributed by atoms with van der Waals surface area (Å²) in [6.07, 6.45) is 6.46. The van der Waals surface area contributed by atoms with Gasteiger partial charge >= 0.3 is 0 Å². The Balaban J connectivity index is 1.54. The van der Waals surface area contributed by atoms with Gasteiger partial charge in [0.25, 0.3) is 5.91 Å². The number of nitrogens with one attached hydrogen (secondary N) is 1. The van der Waals surface area contributed by atoms with E-state index in [1.54, 1.807) is 37.8 Å². The summed E-state index contributed by atoms with van der Waals surface area (Å²) < 4.78 is 19.4. The van der Waals surface area contributed by atoms with E-state index in [1.165, 1.54) is 12.1 Å². The number of amides is 1. The number of nitrogens with zero attached hydrogens (tertiary/aromatic N) is 5. The Bertz CT molecular complexity index is 1100. The van der Waals surface area contributed by atoms with E-state index >= 15 is 0 Å². The van der Waals surface area contributed by atoms with Crippen LogP contribution >= 0.6 is 0 Å². The fourth-order valence-electron chi connectivity index (χ4n) is 3.83. The van der Waals surface area contributed by atoms with E-state index in [-0.39, 0.29) is 11.9 Å². The molecule has 0 spiro atoms. The van der Waals surface area contributed by atoms with Crippen LogP contribution in [0.1, 0.15) is 41.0 Å². The number of benzene rings is 1. The highest BCUT2D eigenvalue weighted by Gasteiger charge is 2.27. The van der Waals surface area contributed by atoms with Crippen LogP contribution in [0.2, 0.25) is 0 Å². The van der Waals surface area contributed by atoms with Crippen LogP contribution in [0.4, 0.5) is 10.1 Å². The molecule has 0 saturated heterocycles. The van der Waals surface area contributed by atoms with Crippen molar-refractivity contribution in [2.45, 2.75) is 25.8 Å². The zero-order chi connectivity index (χ0) is 22.5. The van der Waals surface area contributed by atoms with Crippen molar-refractivity contribution < 1.29 is 13.9 Å². The summed E-state index contributed by atoms with van der Waals surface area (Å²) in [7, 11) is 1.61. The molecule has 4 rings (SSSR count). The largest absolute Gasteiger partial charge is 0.385 e. The first-order chi connectivity index (χ1) is 15.6. The molecule has 0 radical (unpaired) electrons. The van der Waals surface area contributed by atoms with Gasteiger partial charge in [0.15, 0.2) is 11.6 Å². The van der Waals surface area contributed by atoms with Crippen molar-refractivity contribution in [1.82, 2.24) is 25.3 Å². The van der Waals surface area contributed by atoms with Gasteiger partial charge in [-0.05, 0) is 37.6 Å². The molecule has 0 fully saturated rings. The number of hydrogen-bond acceptors (Lipinski definition) is 7. The first-order valence-corrected chi connectivity index (χ1v) is 10.5. The minimum Gasteiger partial charge on any atom is -0.385 e. The van der Waals surface area contributed by atoms with E-state index in [0.717, 1.165) is 11.3 Å². The van der Waals surface area contributed by atoms with Crippen LogP contribution in [0.25, 0.3) is 11.6 Å². The number of anilines is 1. The molecule has 1 atom stereocenters. The van der Waals surface area contributed by atoms with Crippen molar-refractivity contribution in [3.63, 3.8) is 0 Å². The van der Waals surface area contributed by atoms with Gasteiger partial charge in [0, 0.05) is 68.6 Å². The van der Waals surface area contributed by atoms with Crippen molar-refractivity contribution in [3.8, 4) is 11.6 Å². The minimum atomic E-state index is -0.449. The molecule has 3 aromatic rings. The molecule has 8 nitrogen and oxygen atoms in total. The van der Waals surface area contributed by atoms with E-state index in [4.69, 9.17) is 4.74 Å². The summed E-state index contributed by atoms with van der Waals surface area (Å²) in [5.41, 5.74) is 2.84. The van der Waals surface area contributed by atoms with Gasteiger partial charge in [-0.15, -0.1) is 0 Å². The quantitative estimate of drug-likeness (QED) is 0.569. The number of methoxy groups -OCH3 is 1. The molecule has 32 heavy (non-hydrogen) atoms. The monoisotopic (exact) mass is 436 g/mol. The Morgan fingerprint density at radius 3 is 2.81 bits per heavy atom. The van der Waals surface area contributed by atoms with Gasteiger partial charge in [-0.2, -0.15) is 0 Å². The van der Waals surface area contributed by atoms with E-state index in [1.807, 2.05) is 6.92 Å². The van der Waals surface area contributed by atoms with Crippen molar-refractivity contribution in [1.29, 1.82) is 0 Å². The topological polar surface area (TPSA) is 93.1 Å². The van der Waals surface area contributed by atoms with Gasteiger partial charge in [0.1, 0.15) is 5.82 Å². The molecule has 1 amide bonds. The maximum Gasteiger partial charge on any atom is 0.251 e. The lowest BCUT2D eigenvalue weighted by Crippen LogP contribution is -2.35. The summed E-state index contributed by atoms with van der Waals surface area (Å²) >= 11 is 0. The van der Waals surface area contributed by atoms with Crippen LogP contribution in [-0.2, 0) is 11.2 Å². The molecule has 1 aromatic carbocycles. The third kappa shape index (κ3) is 4.72. The van der Waals surface area contributed by atoms with Crippen molar-refractivity contribution >= 4 is 11.6 Å². The minimum absolute atomic E-state index is 0.0797. The average molecular weight is 436 g/mol. The number of fused-ring (bicyclic) bond motifs is 1. The zero-order valence-corrected chi connectivity index (χ0v) is 18.1. The number of aromatic nitrogens is 4. The number of carbonyl (C=O) groups is 1. The Kier molecular flexibility index (Phi) is 6.65. The molecule has 1 N–H and O–H groups in total. The maximum absolute atomic E-state index is 14.4. The lowest BCUT2D eigenvalue weighted by Gasteiger charge is -2.36. The first-order valence-electron chi connectivity index (χ1n) is 10.5. The molecular formula is C23H25FN6O2. The summed E-state index contributed by atoms with van der Waals surface area (Å²) in [5.74, 6) is 0.220. The molecular weight excluding hydrogens is 411 g/mol. The smallest absolute Gasteiger partial charge is 0.251 e. The molecule has 0 bridgehead atoms. The number of hydrogen-bond donors (Lipinski definition) is 1. The van der Waals surface area contributed by atoms with E-state index in [2.05, 4.69) is 30.2 Å². The Hall–Kier alpha value is -3.46. The molecule has 0 aliphatic carbocycles. The first kappa shape index (κ1) is 21.8. The second kappa shape index (κ2) is 9.78. The Morgan fingerprint density at radius 2 is 2.03 bits per heavy atom. The van der Waals surface area contributed by atoms with Gasteiger partial charge < -0.3 is 15.0 Å². The van der Waals surface area contributed by atoms with Crippen LogP contribution in [-0.4, -0.2) is 52.6 Å². The molecule has 166 valence electrons. The average Bonchev–Trinajstić information content (AvgIpc) is 2.82. The molecule has 0 saturated carbocycles. The Morgan fingerprint density at radius 1 is 1.22 bits per heavy atom. The third-order valence-electron chi connectivity index (χ3n) is 5.46. The highest BCUT2D eigenvalue weighted by atomic mass is 19.1. The van der Waals surface area contributed by atoms with Crippen LogP contribution in [0, 0.1) is 5.82 Å². The van der Waals surface area contributed by atoms with Gasteiger partial charge in [0.2, 0.25) is 0 Å². The molecule has 1 unspecified atom stereocenters. The normalized spacial score (nSPS) is 15.3. The number of rotatable bonds is 7. The zero-order valence-electron chi connectivity index (χ0n) is 18.1. The highest BCUT2D eigenvalue weighted by Crippen LogP contribution is 2.33. The molecule has 1 aliphatic rings. The van der Waals surface area contributed by atoms with Gasteiger partial charge in [-0.25, -0.2) is 24.3 Å². The molecule has 9 heteroatoms. The van der Waals surface area contributed by atoms with E-state index in [0.29, 0.717) is 55.4 Å². The number of ether oxygens (including phenoxy) is 1. The fraction of sp³-hybridized carbons (Fsp3) is 0.348. The van der Waals surface area contributed by atoms with Gasteiger partial charge in [-0.3, -0.25) is 4.79 Å². The van der Waals surface area contributed by atoms with E-state index in [9.17, 15) is 9.18 Å². The predicted molar refractivity (Wildman–Crippen MR) is 118 cm³/mol. The van der Waals surface area contributed by atoms with E-state index < -0.39 is 5.82 Å². The molecule has 3 heterocycles. The van der Waals surface area contributed by atoms with Crippen LogP contribution in [0.15, 0.2) is 42.9 Å². The molecule has 2 aromatic heterocycles. The van der Waals surface area contributed by atoms with Crippen molar-refractivity contribution in [3.05, 3.63) is 65.5 Å². The number of halogens is 1. The number of carbonyl (C=O) groups excluding carboxylic acids is 1. The lowest BCUT2D eigenvalue weighted by molar-refractivity contribution is 0.0948. The van der Waals surface area contributed by atoms with Gasteiger partial charge in [0.05, 0.1) is 11.7 Å². The summed E-state index contributed by atoms with van der Waals surface area (Å²) in [4.78, 5) is 32.1. The van der Waals surface area contributed by atoms with Gasteiger partial charge in [-0.1, -0.05) is 0 Å². The van der Waals surface area contributed by atoms with Crippen LogP contribution < -0.4 is 10.2 Å². The van der Waals surface area contributed by atoms with Crippen molar-refractivity contribution in [2.24, 2.45) is 0 Å². The lowest BCUT2D eigenvalue weighted by atomic mass is 9.98. The SMILES string of the molecule is COCCCNC(=O)c1cc(F)cc(N2CCc3nc(-c4ncccn4)ncc3C2C)c1. The highest BCUT2D eigenvalue weighted by molar-refractivity contribution is 5.95. The standard InChI is InChI=1S/C23H25FN6O2/c1-15-19-14-28-22(21-25-6-3-7-26-21)29-20(19)5-9-30(15)18-12-16(11-17(24)13-18)23(31)27-8-4-10-32-2/h3,6-7,11-15H,4-5,8-10H2,1-2H3,(H,27,31). The summed E-state index contributed by atoms with van der Waals surface area (Å²) in [6.45, 7) is 3.68. The second-order valence-corrected chi connectivity index (χ2v) is 7.59. The predicted octanol–water partition coefficient (Wildman–Crippen LogP) is 2.96. The van der Waals surface area contributed by atoms with Crippen LogP contribution in [0.3, 0.4) is 0 Å². The Labute approximate surface area is 185 Å². The van der Waals surface area contributed by atoms with Crippen molar-refractivity contribution in [2.75, 3.05) is 31.7 Å². The summed E-state index contributed by atoms with van der Waals surface area (Å²) in [6, 6.07) is 6.10. The second-order valence-electron chi connectivity index (χ2n) is 7.59.